The molecule has 0 amide bonds. The Morgan fingerprint density at radius 3 is 2.62 bits per heavy atom. The number of halogens is 1. The molecule has 2 aromatic carbocycles. The fourth-order valence-corrected chi connectivity index (χ4v) is 3.36. The summed E-state index contributed by atoms with van der Waals surface area (Å²) in [4.78, 5) is 1.28. The van der Waals surface area contributed by atoms with Gasteiger partial charge in [-0.05, 0) is 55.9 Å². The van der Waals surface area contributed by atoms with Crippen molar-refractivity contribution in [2.75, 3.05) is 19.4 Å². The van der Waals surface area contributed by atoms with Crippen molar-refractivity contribution in [3.05, 3.63) is 58.6 Å². The Morgan fingerprint density at radius 2 is 1.95 bits per heavy atom. The predicted molar refractivity (Wildman–Crippen MR) is 94.3 cm³/mol. The smallest absolute Gasteiger partial charge is 0.119 e. The van der Waals surface area contributed by atoms with Crippen LogP contribution in [-0.2, 0) is 0 Å². The van der Waals surface area contributed by atoms with Gasteiger partial charge in [0.15, 0.2) is 0 Å². The van der Waals surface area contributed by atoms with Gasteiger partial charge in [0.2, 0.25) is 0 Å². The number of hydrogen-bond donors (Lipinski definition) is 1. The van der Waals surface area contributed by atoms with Crippen LogP contribution in [0, 0.1) is 0 Å². The van der Waals surface area contributed by atoms with Gasteiger partial charge in [-0.2, -0.15) is 0 Å². The van der Waals surface area contributed by atoms with Gasteiger partial charge in [0, 0.05) is 21.2 Å². The van der Waals surface area contributed by atoms with Crippen molar-refractivity contribution in [3.63, 3.8) is 0 Å². The molecule has 0 aromatic heterocycles. The molecule has 4 heteroatoms. The molecule has 0 saturated heterocycles. The Kier molecular flexibility index (Phi) is 6.61. The molecule has 0 aliphatic heterocycles. The minimum Gasteiger partial charge on any atom is -0.494 e. The van der Waals surface area contributed by atoms with Crippen molar-refractivity contribution in [1.82, 2.24) is 5.32 Å². The molecule has 2 aromatic rings. The Morgan fingerprint density at radius 1 is 1.19 bits per heavy atom. The molecule has 0 aliphatic carbocycles. The topological polar surface area (TPSA) is 21.3 Å². The summed E-state index contributed by atoms with van der Waals surface area (Å²) >= 11 is 5.31. The second-order valence-corrected chi connectivity index (χ2v) is 6.62. The molecule has 2 nitrogen and oxygen atoms in total. The maximum absolute atomic E-state index is 5.58. The van der Waals surface area contributed by atoms with E-state index in [2.05, 4.69) is 63.7 Å². The lowest BCUT2D eigenvalue weighted by molar-refractivity contribution is 0.339. The van der Waals surface area contributed by atoms with Crippen molar-refractivity contribution in [1.29, 1.82) is 0 Å². The molecule has 0 heterocycles. The van der Waals surface area contributed by atoms with Crippen LogP contribution < -0.4 is 10.1 Å². The van der Waals surface area contributed by atoms with Crippen molar-refractivity contribution < 1.29 is 4.74 Å². The average molecular weight is 366 g/mol. The molecule has 0 radical (unpaired) electrons. The minimum atomic E-state index is 0.305. The normalized spacial score (nSPS) is 12.1. The van der Waals surface area contributed by atoms with Crippen LogP contribution in [0.3, 0.4) is 0 Å². The highest BCUT2D eigenvalue weighted by atomic mass is 79.9. The Hall–Kier alpha value is -0.970. The predicted octanol–water partition coefficient (Wildman–Crippen LogP) is 4.90. The van der Waals surface area contributed by atoms with Crippen LogP contribution in [0.25, 0.3) is 0 Å². The molecular weight excluding hydrogens is 346 g/mol. The summed E-state index contributed by atoms with van der Waals surface area (Å²) in [7, 11) is 2.00. The summed E-state index contributed by atoms with van der Waals surface area (Å²) in [6.07, 6.45) is 0. The first kappa shape index (κ1) is 16.4. The van der Waals surface area contributed by atoms with Crippen LogP contribution in [-0.4, -0.2) is 19.4 Å². The number of hydrogen-bond acceptors (Lipinski definition) is 3. The molecular formula is C17H20BrNOS. The van der Waals surface area contributed by atoms with Gasteiger partial charge in [-0.15, -0.1) is 11.8 Å². The highest BCUT2D eigenvalue weighted by molar-refractivity contribution is 9.10. The molecule has 0 fully saturated rings. The first-order valence-corrected chi connectivity index (χ1v) is 8.79. The molecule has 112 valence electrons. The van der Waals surface area contributed by atoms with Crippen LogP contribution in [0.1, 0.15) is 18.5 Å². The molecule has 1 atom stereocenters. The largest absolute Gasteiger partial charge is 0.494 e. The van der Waals surface area contributed by atoms with E-state index < -0.39 is 0 Å². The first-order valence-electron chi connectivity index (χ1n) is 7.01. The summed E-state index contributed by atoms with van der Waals surface area (Å²) in [6, 6.07) is 17.0. The molecule has 1 N–H and O–H groups in total. The SMILES string of the molecule is CCOc1cccc(C(CSc2ccc(Br)cc2)NC)c1. The molecule has 21 heavy (non-hydrogen) atoms. The third-order valence-electron chi connectivity index (χ3n) is 3.15. The third kappa shape index (κ3) is 5.06. The lowest BCUT2D eigenvalue weighted by atomic mass is 10.1. The standard InChI is InChI=1S/C17H20BrNOS/c1-3-20-15-6-4-5-13(11-15)17(19-2)12-21-16-9-7-14(18)8-10-16/h4-11,17,19H,3,12H2,1-2H3. The zero-order valence-electron chi connectivity index (χ0n) is 12.3. The highest BCUT2D eigenvalue weighted by Crippen LogP contribution is 2.27. The van der Waals surface area contributed by atoms with E-state index in [1.54, 1.807) is 0 Å². The van der Waals surface area contributed by atoms with Crippen LogP contribution in [0.15, 0.2) is 57.9 Å². The molecule has 2 rings (SSSR count). The van der Waals surface area contributed by atoms with Gasteiger partial charge in [0.1, 0.15) is 5.75 Å². The lowest BCUT2D eigenvalue weighted by Gasteiger charge is -2.17. The zero-order valence-corrected chi connectivity index (χ0v) is 14.7. The van der Waals surface area contributed by atoms with Crippen molar-refractivity contribution in [2.24, 2.45) is 0 Å². The number of nitrogens with one attached hydrogen (secondary N) is 1. The van der Waals surface area contributed by atoms with E-state index in [-0.39, 0.29) is 0 Å². The molecule has 1 unspecified atom stereocenters. The van der Waals surface area contributed by atoms with Gasteiger partial charge in [0.05, 0.1) is 6.61 Å². The zero-order chi connectivity index (χ0) is 15.1. The van der Waals surface area contributed by atoms with E-state index in [1.807, 2.05) is 31.8 Å². The second kappa shape index (κ2) is 8.47. The van der Waals surface area contributed by atoms with Crippen LogP contribution in [0.2, 0.25) is 0 Å². The summed E-state index contributed by atoms with van der Waals surface area (Å²) in [5, 5.41) is 3.38. The third-order valence-corrected chi connectivity index (χ3v) is 4.78. The molecule has 0 saturated carbocycles. The lowest BCUT2D eigenvalue weighted by Crippen LogP contribution is -2.18. The Bertz CT molecular complexity index is 559. The van der Waals surface area contributed by atoms with Gasteiger partial charge < -0.3 is 10.1 Å². The van der Waals surface area contributed by atoms with E-state index in [4.69, 9.17) is 4.74 Å². The number of ether oxygens (including phenoxy) is 1. The first-order chi connectivity index (χ1) is 10.2. The van der Waals surface area contributed by atoms with E-state index in [0.717, 1.165) is 16.0 Å². The van der Waals surface area contributed by atoms with Crippen molar-refractivity contribution >= 4 is 27.7 Å². The fraction of sp³-hybridized carbons (Fsp3) is 0.294. The van der Waals surface area contributed by atoms with Gasteiger partial charge in [-0.3, -0.25) is 0 Å². The van der Waals surface area contributed by atoms with Crippen molar-refractivity contribution in [2.45, 2.75) is 17.9 Å². The summed E-state index contributed by atoms with van der Waals surface area (Å²) in [5.41, 5.74) is 1.26. The molecule has 0 aliphatic rings. The quantitative estimate of drug-likeness (QED) is 0.705. The van der Waals surface area contributed by atoms with E-state index >= 15 is 0 Å². The van der Waals surface area contributed by atoms with Gasteiger partial charge in [-0.1, -0.05) is 28.1 Å². The summed E-state index contributed by atoms with van der Waals surface area (Å²) < 4.78 is 6.69. The minimum absolute atomic E-state index is 0.305. The Balaban J connectivity index is 2.02. The monoisotopic (exact) mass is 365 g/mol. The average Bonchev–Trinajstić information content (AvgIpc) is 2.50. The number of rotatable bonds is 7. The number of thioether (sulfide) groups is 1. The molecule has 0 spiro atoms. The summed E-state index contributed by atoms with van der Waals surface area (Å²) in [6.45, 7) is 2.70. The van der Waals surface area contributed by atoms with Gasteiger partial charge in [-0.25, -0.2) is 0 Å². The van der Waals surface area contributed by atoms with Gasteiger partial charge >= 0.3 is 0 Å². The maximum Gasteiger partial charge on any atom is 0.119 e. The fourth-order valence-electron chi connectivity index (χ4n) is 2.04. The number of benzene rings is 2. The molecule has 0 bridgehead atoms. The van der Waals surface area contributed by atoms with Crippen molar-refractivity contribution in [3.8, 4) is 5.75 Å². The van der Waals surface area contributed by atoms with E-state index in [9.17, 15) is 0 Å². The van der Waals surface area contributed by atoms with Crippen LogP contribution in [0.4, 0.5) is 0 Å². The van der Waals surface area contributed by atoms with Crippen LogP contribution >= 0.6 is 27.7 Å². The second-order valence-electron chi connectivity index (χ2n) is 4.61. The summed E-state index contributed by atoms with van der Waals surface area (Å²) in [5.74, 6) is 1.91. The Labute approximate surface area is 139 Å². The van der Waals surface area contributed by atoms with Crippen LogP contribution in [0.5, 0.6) is 5.75 Å². The maximum atomic E-state index is 5.58. The highest BCUT2D eigenvalue weighted by Gasteiger charge is 2.10. The van der Waals surface area contributed by atoms with E-state index in [0.29, 0.717) is 12.6 Å². The van der Waals surface area contributed by atoms with E-state index in [1.165, 1.54) is 10.5 Å². The van der Waals surface area contributed by atoms with Gasteiger partial charge in [0.25, 0.3) is 0 Å².